The van der Waals surface area contributed by atoms with Gasteiger partial charge in [-0.1, -0.05) is 6.07 Å². The molecule has 3 aromatic rings. The zero-order chi connectivity index (χ0) is 17.4. The molecular formula is C18H19N4O2S-. The maximum absolute atomic E-state index is 12.8. The second kappa shape index (κ2) is 6.50. The third kappa shape index (κ3) is 3.12. The van der Waals surface area contributed by atoms with Gasteiger partial charge in [-0.3, -0.25) is 11.8 Å². The molecule has 1 fully saturated rings. The average molecular weight is 355 g/mol. The molecule has 0 saturated carbocycles. The maximum Gasteiger partial charge on any atom is 0.253 e. The molecule has 1 aromatic carbocycles. The number of hydrogen-bond acceptors (Lipinski definition) is 5. The SMILES string of the molecule is [CH2-]N1CCCC(NC(=O)c2ccc(O)c3[nH]c(-c4cccs4)nc23)C1. The zero-order valence-corrected chi connectivity index (χ0v) is 14.5. The molecule has 3 N–H and O–H groups in total. The number of amides is 1. The van der Waals surface area contributed by atoms with Crippen molar-refractivity contribution >= 4 is 28.3 Å². The molecule has 1 amide bonds. The predicted molar refractivity (Wildman–Crippen MR) is 98.5 cm³/mol. The monoisotopic (exact) mass is 355 g/mol. The van der Waals surface area contributed by atoms with E-state index >= 15 is 0 Å². The molecule has 4 rings (SSSR count). The number of fused-ring (bicyclic) bond motifs is 1. The first-order valence-corrected chi connectivity index (χ1v) is 9.11. The molecular weight excluding hydrogens is 336 g/mol. The van der Waals surface area contributed by atoms with Gasteiger partial charge in [0.15, 0.2) is 0 Å². The van der Waals surface area contributed by atoms with Crippen LogP contribution in [-0.2, 0) is 0 Å². The fraction of sp³-hybridized carbons (Fsp3) is 0.278. The summed E-state index contributed by atoms with van der Waals surface area (Å²) in [5.41, 5.74) is 1.44. The average Bonchev–Trinajstić information content (AvgIpc) is 3.25. The Morgan fingerprint density at radius 2 is 2.32 bits per heavy atom. The van der Waals surface area contributed by atoms with E-state index in [2.05, 4.69) is 22.3 Å². The van der Waals surface area contributed by atoms with E-state index < -0.39 is 0 Å². The van der Waals surface area contributed by atoms with Gasteiger partial charge in [0, 0.05) is 6.04 Å². The Balaban J connectivity index is 1.67. The van der Waals surface area contributed by atoms with E-state index in [4.69, 9.17) is 0 Å². The summed E-state index contributed by atoms with van der Waals surface area (Å²) in [5, 5.41) is 15.2. The fourth-order valence-electron chi connectivity index (χ4n) is 3.23. The molecule has 1 atom stereocenters. The number of rotatable bonds is 3. The molecule has 25 heavy (non-hydrogen) atoms. The van der Waals surface area contributed by atoms with Gasteiger partial charge in [-0.25, -0.2) is 4.98 Å². The van der Waals surface area contributed by atoms with E-state index in [1.807, 2.05) is 22.4 Å². The summed E-state index contributed by atoms with van der Waals surface area (Å²) in [4.78, 5) is 23.4. The fourth-order valence-corrected chi connectivity index (χ4v) is 3.90. The van der Waals surface area contributed by atoms with Crippen molar-refractivity contribution in [1.29, 1.82) is 0 Å². The largest absolute Gasteiger partial charge is 0.506 e. The van der Waals surface area contributed by atoms with Crippen LogP contribution < -0.4 is 5.32 Å². The lowest BCUT2D eigenvalue weighted by Gasteiger charge is -2.35. The summed E-state index contributed by atoms with van der Waals surface area (Å²) in [6.07, 6.45) is 1.96. The smallest absolute Gasteiger partial charge is 0.253 e. The highest BCUT2D eigenvalue weighted by Crippen LogP contribution is 2.30. The molecule has 130 valence electrons. The first-order valence-electron chi connectivity index (χ1n) is 8.23. The quantitative estimate of drug-likeness (QED) is 0.631. The second-order valence-corrected chi connectivity index (χ2v) is 7.26. The highest BCUT2D eigenvalue weighted by molar-refractivity contribution is 7.13. The van der Waals surface area contributed by atoms with Crippen LogP contribution >= 0.6 is 11.3 Å². The van der Waals surface area contributed by atoms with Crippen molar-refractivity contribution in [3.05, 3.63) is 42.3 Å². The third-order valence-electron chi connectivity index (χ3n) is 4.46. The Morgan fingerprint density at radius 1 is 1.44 bits per heavy atom. The van der Waals surface area contributed by atoms with Crippen molar-refractivity contribution in [3.8, 4) is 16.5 Å². The number of likely N-dealkylation sites (tertiary alicyclic amines) is 1. The number of carbonyl (C=O) groups is 1. The van der Waals surface area contributed by atoms with Crippen molar-refractivity contribution < 1.29 is 9.90 Å². The lowest BCUT2D eigenvalue weighted by Crippen LogP contribution is -2.45. The van der Waals surface area contributed by atoms with Gasteiger partial charge < -0.3 is 20.3 Å². The Morgan fingerprint density at radius 3 is 3.08 bits per heavy atom. The first kappa shape index (κ1) is 16.1. The maximum atomic E-state index is 12.8. The topological polar surface area (TPSA) is 81.3 Å². The summed E-state index contributed by atoms with van der Waals surface area (Å²) in [6, 6.07) is 7.12. The zero-order valence-electron chi connectivity index (χ0n) is 13.7. The van der Waals surface area contributed by atoms with E-state index in [-0.39, 0.29) is 17.7 Å². The standard InChI is InChI=1S/C18H19N4O2S/c1-22-8-2-4-11(10-22)19-18(24)12-6-7-13(23)16-15(12)20-17(21-16)14-5-3-9-25-14/h3,5-7,9,11,23H,1-2,4,8,10H2,(H,19,24)(H,20,21)/q-1. The number of piperidine rings is 1. The minimum Gasteiger partial charge on any atom is -0.506 e. The summed E-state index contributed by atoms with van der Waals surface area (Å²) in [6.45, 7) is 1.70. The number of aromatic amines is 1. The number of phenols is 1. The van der Waals surface area contributed by atoms with Crippen LogP contribution in [0.5, 0.6) is 5.75 Å². The summed E-state index contributed by atoms with van der Waals surface area (Å²) in [5.74, 6) is 0.570. The number of phenolic OH excluding ortho intramolecular Hbond substituents is 1. The van der Waals surface area contributed by atoms with Crippen LogP contribution in [0, 0.1) is 7.05 Å². The molecule has 7 heteroatoms. The number of aromatic nitrogens is 2. The Hall–Kier alpha value is -2.38. The number of aromatic hydroxyl groups is 1. The first-order chi connectivity index (χ1) is 12.1. The molecule has 6 nitrogen and oxygen atoms in total. The minimum atomic E-state index is -0.172. The van der Waals surface area contributed by atoms with Crippen molar-refractivity contribution in [3.63, 3.8) is 0 Å². The summed E-state index contributed by atoms with van der Waals surface area (Å²) in [7, 11) is 3.95. The van der Waals surface area contributed by atoms with Crippen molar-refractivity contribution in [2.75, 3.05) is 13.1 Å². The van der Waals surface area contributed by atoms with E-state index in [0.717, 1.165) is 30.8 Å². The number of H-pyrrole nitrogens is 1. The van der Waals surface area contributed by atoms with Gasteiger partial charge in [0.05, 0.1) is 10.4 Å². The van der Waals surface area contributed by atoms with Gasteiger partial charge in [-0.05, 0) is 49.5 Å². The Bertz CT molecular complexity index is 903. The summed E-state index contributed by atoms with van der Waals surface area (Å²) >= 11 is 1.55. The van der Waals surface area contributed by atoms with Gasteiger partial charge in [-0.2, -0.15) is 0 Å². The number of benzene rings is 1. The predicted octanol–water partition coefficient (Wildman–Crippen LogP) is 2.98. The highest BCUT2D eigenvalue weighted by atomic mass is 32.1. The molecule has 0 spiro atoms. The molecule has 0 aliphatic carbocycles. The number of thiophene rings is 1. The summed E-state index contributed by atoms with van der Waals surface area (Å²) < 4.78 is 0. The van der Waals surface area contributed by atoms with Gasteiger partial charge in [-0.15, -0.1) is 11.3 Å². The van der Waals surface area contributed by atoms with E-state index in [0.29, 0.717) is 22.4 Å². The molecule has 1 unspecified atom stereocenters. The molecule has 1 aliphatic heterocycles. The van der Waals surface area contributed by atoms with Crippen LogP contribution in [0.25, 0.3) is 21.7 Å². The number of imidazole rings is 1. The van der Waals surface area contributed by atoms with E-state index in [1.54, 1.807) is 17.4 Å². The number of nitrogens with zero attached hydrogens (tertiary/aromatic N) is 2. The second-order valence-electron chi connectivity index (χ2n) is 6.31. The van der Waals surface area contributed by atoms with E-state index in [9.17, 15) is 9.90 Å². The third-order valence-corrected chi connectivity index (χ3v) is 5.34. The molecule has 0 bridgehead atoms. The van der Waals surface area contributed by atoms with Gasteiger partial charge in [0.1, 0.15) is 22.6 Å². The van der Waals surface area contributed by atoms with Crippen molar-refractivity contribution in [1.82, 2.24) is 20.2 Å². The molecule has 1 saturated heterocycles. The van der Waals surface area contributed by atoms with Crippen LogP contribution in [-0.4, -0.2) is 45.0 Å². The van der Waals surface area contributed by atoms with Crippen LogP contribution in [0.3, 0.4) is 0 Å². The van der Waals surface area contributed by atoms with Crippen LogP contribution in [0.15, 0.2) is 29.6 Å². The van der Waals surface area contributed by atoms with Crippen LogP contribution in [0.4, 0.5) is 0 Å². The molecule has 1 aliphatic rings. The highest BCUT2D eigenvalue weighted by Gasteiger charge is 2.21. The Labute approximate surface area is 149 Å². The lowest BCUT2D eigenvalue weighted by molar-refractivity contribution is 0.0918. The van der Waals surface area contributed by atoms with Gasteiger partial charge in [0.25, 0.3) is 5.91 Å². The van der Waals surface area contributed by atoms with Crippen LogP contribution in [0.1, 0.15) is 23.2 Å². The van der Waals surface area contributed by atoms with Crippen LogP contribution in [0.2, 0.25) is 0 Å². The number of hydrogen-bond donors (Lipinski definition) is 3. The normalized spacial score (nSPS) is 18.5. The number of carbonyl (C=O) groups excluding carboxylic acids is 1. The molecule has 2 aromatic heterocycles. The van der Waals surface area contributed by atoms with E-state index in [1.165, 1.54) is 6.07 Å². The minimum absolute atomic E-state index is 0.0818. The van der Waals surface area contributed by atoms with Gasteiger partial charge in [0.2, 0.25) is 0 Å². The van der Waals surface area contributed by atoms with Gasteiger partial charge >= 0.3 is 0 Å². The lowest BCUT2D eigenvalue weighted by atomic mass is 10.1. The molecule has 3 heterocycles. The van der Waals surface area contributed by atoms with Crippen molar-refractivity contribution in [2.45, 2.75) is 18.9 Å². The Kier molecular flexibility index (Phi) is 4.19. The number of nitrogens with one attached hydrogen (secondary N) is 2. The van der Waals surface area contributed by atoms with Crippen molar-refractivity contribution in [2.24, 2.45) is 0 Å². The molecule has 0 radical (unpaired) electrons.